The average Bonchev–Trinajstić information content (AvgIpc) is 2.99. The van der Waals surface area contributed by atoms with E-state index in [1.165, 1.54) is 19.3 Å². The minimum Gasteiger partial charge on any atom is -0.372 e. The lowest BCUT2D eigenvalue weighted by atomic mass is 10.0. The SMILES string of the molecule is CNc1ccc(C(=O)N2CC3CCCC3C2)nn1. The van der Waals surface area contributed by atoms with Gasteiger partial charge in [-0.05, 0) is 36.8 Å². The van der Waals surface area contributed by atoms with Gasteiger partial charge in [-0.15, -0.1) is 10.2 Å². The van der Waals surface area contributed by atoms with E-state index in [0.29, 0.717) is 11.5 Å². The molecule has 96 valence electrons. The van der Waals surface area contributed by atoms with Crippen molar-refractivity contribution < 1.29 is 4.79 Å². The molecular weight excluding hydrogens is 228 g/mol. The Balaban J connectivity index is 1.70. The van der Waals surface area contributed by atoms with Crippen molar-refractivity contribution in [3.63, 3.8) is 0 Å². The Hall–Kier alpha value is -1.65. The molecule has 3 rings (SSSR count). The molecule has 2 aliphatic rings. The topological polar surface area (TPSA) is 58.1 Å². The van der Waals surface area contributed by atoms with Crippen molar-refractivity contribution in [3.05, 3.63) is 17.8 Å². The second-order valence-electron chi connectivity index (χ2n) is 5.22. The summed E-state index contributed by atoms with van der Waals surface area (Å²) < 4.78 is 0. The maximum absolute atomic E-state index is 12.3. The van der Waals surface area contributed by atoms with Crippen LogP contribution in [0.4, 0.5) is 5.82 Å². The summed E-state index contributed by atoms with van der Waals surface area (Å²) in [5.74, 6) is 2.15. The third-order valence-electron chi connectivity index (χ3n) is 4.15. The molecule has 0 spiro atoms. The van der Waals surface area contributed by atoms with E-state index >= 15 is 0 Å². The number of rotatable bonds is 2. The van der Waals surface area contributed by atoms with E-state index in [1.54, 1.807) is 19.2 Å². The molecule has 1 aliphatic carbocycles. The number of nitrogens with one attached hydrogen (secondary N) is 1. The van der Waals surface area contributed by atoms with Gasteiger partial charge < -0.3 is 10.2 Å². The van der Waals surface area contributed by atoms with Crippen LogP contribution in [0.15, 0.2) is 12.1 Å². The third kappa shape index (κ3) is 1.94. The molecule has 0 bridgehead atoms. The molecule has 2 heterocycles. The fraction of sp³-hybridized carbons (Fsp3) is 0.615. The quantitative estimate of drug-likeness (QED) is 0.856. The molecule has 1 saturated heterocycles. The molecule has 1 aromatic heterocycles. The van der Waals surface area contributed by atoms with Crippen molar-refractivity contribution in [1.82, 2.24) is 15.1 Å². The van der Waals surface area contributed by atoms with Crippen LogP contribution in [0, 0.1) is 11.8 Å². The lowest BCUT2D eigenvalue weighted by Crippen LogP contribution is -2.30. The average molecular weight is 246 g/mol. The Morgan fingerprint density at radius 3 is 2.56 bits per heavy atom. The fourth-order valence-corrected chi connectivity index (χ4v) is 3.14. The number of likely N-dealkylation sites (tertiary alicyclic amines) is 1. The Bertz CT molecular complexity index is 433. The van der Waals surface area contributed by atoms with Gasteiger partial charge >= 0.3 is 0 Å². The van der Waals surface area contributed by atoms with Crippen LogP contribution < -0.4 is 5.32 Å². The van der Waals surface area contributed by atoms with Crippen molar-refractivity contribution >= 4 is 11.7 Å². The molecule has 1 aromatic rings. The number of fused-ring (bicyclic) bond motifs is 1. The van der Waals surface area contributed by atoms with Crippen LogP contribution >= 0.6 is 0 Å². The standard InChI is InChI=1S/C13H18N4O/c1-14-12-6-5-11(15-16-12)13(18)17-7-9-3-2-4-10(9)8-17/h5-6,9-10H,2-4,7-8H2,1H3,(H,14,16). The number of anilines is 1. The zero-order valence-electron chi connectivity index (χ0n) is 10.6. The maximum atomic E-state index is 12.3. The normalized spacial score (nSPS) is 26.2. The summed E-state index contributed by atoms with van der Waals surface area (Å²) in [4.78, 5) is 14.2. The molecule has 2 unspecified atom stereocenters. The highest BCUT2D eigenvalue weighted by Crippen LogP contribution is 2.37. The number of hydrogen-bond acceptors (Lipinski definition) is 4. The summed E-state index contributed by atoms with van der Waals surface area (Å²) in [6.45, 7) is 1.80. The highest BCUT2D eigenvalue weighted by Gasteiger charge is 2.38. The smallest absolute Gasteiger partial charge is 0.274 e. The molecular formula is C13H18N4O. The molecule has 0 radical (unpaired) electrons. The van der Waals surface area contributed by atoms with Crippen molar-refractivity contribution in [2.24, 2.45) is 11.8 Å². The monoisotopic (exact) mass is 246 g/mol. The number of carbonyl (C=O) groups is 1. The van der Waals surface area contributed by atoms with Gasteiger partial charge in [-0.1, -0.05) is 6.42 Å². The van der Waals surface area contributed by atoms with Crippen LogP contribution in [0.3, 0.4) is 0 Å². The number of hydrogen-bond donors (Lipinski definition) is 1. The third-order valence-corrected chi connectivity index (χ3v) is 4.15. The molecule has 1 N–H and O–H groups in total. The summed E-state index contributed by atoms with van der Waals surface area (Å²) in [5, 5.41) is 10.8. The Morgan fingerprint density at radius 1 is 1.28 bits per heavy atom. The van der Waals surface area contributed by atoms with Gasteiger partial charge in [0.05, 0.1) is 0 Å². The van der Waals surface area contributed by atoms with Gasteiger partial charge in [0.2, 0.25) is 0 Å². The van der Waals surface area contributed by atoms with E-state index in [4.69, 9.17) is 0 Å². The number of carbonyl (C=O) groups excluding carboxylic acids is 1. The molecule has 5 nitrogen and oxygen atoms in total. The van der Waals surface area contributed by atoms with Crippen LogP contribution in [0.1, 0.15) is 29.8 Å². The lowest BCUT2D eigenvalue weighted by molar-refractivity contribution is 0.0773. The van der Waals surface area contributed by atoms with E-state index in [2.05, 4.69) is 15.5 Å². The van der Waals surface area contributed by atoms with Crippen molar-refractivity contribution in [2.45, 2.75) is 19.3 Å². The first kappa shape index (κ1) is 11.4. The van der Waals surface area contributed by atoms with Gasteiger partial charge in [0.25, 0.3) is 5.91 Å². The van der Waals surface area contributed by atoms with E-state index in [9.17, 15) is 4.79 Å². The van der Waals surface area contributed by atoms with Crippen molar-refractivity contribution in [1.29, 1.82) is 0 Å². The molecule has 1 aliphatic heterocycles. The zero-order chi connectivity index (χ0) is 12.5. The first-order valence-electron chi connectivity index (χ1n) is 6.58. The Morgan fingerprint density at radius 2 is 2.00 bits per heavy atom. The first-order chi connectivity index (χ1) is 8.78. The van der Waals surface area contributed by atoms with E-state index in [0.717, 1.165) is 24.9 Å². The molecule has 2 fully saturated rings. The number of aromatic nitrogens is 2. The van der Waals surface area contributed by atoms with Crippen LogP contribution in [-0.2, 0) is 0 Å². The van der Waals surface area contributed by atoms with Crippen molar-refractivity contribution in [3.8, 4) is 0 Å². The van der Waals surface area contributed by atoms with Crippen LogP contribution in [0.25, 0.3) is 0 Å². The molecule has 1 saturated carbocycles. The van der Waals surface area contributed by atoms with Crippen molar-refractivity contribution in [2.75, 3.05) is 25.5 Å². The highest BCUT2D eigenvalue weighted by atomic mass is 16.2. The molecule has 18 heavy (non-hydrogen) atoms. The first-order valence-corrected chi connectivity index (χ1v) is 6.58. The summed E-state index contributed by atoms with van der Waals surface area (Å²) in [5.41, 5.74) is 0.453. The van der Waals surface area contributed by atoms with Gasteiger partial charge in [-0.3, -0.25) is 4.79 Å². The van der Waals surface area contributed by atoms with Gasteiger partial charge in [0.1, 0.15) is 5.82 Å². The van der Waals surface area contributed by atoms with Gasteiger partial charge in [0, 0.05) is 20.1 Å². The number of nitrogens with zero attached hydrogens (tertiary/aromatic N) is 3. The van der Waals surface area contributed by atoms with Crippen LogP contribution in [0.2, 0.25) is 0 Å². The largest absolute Gasteiger partial charge is 0.372 e. The summed E-state index contributed by atoms with van der Waals surface area (Å²) in [6.07, 6.45) is 3.88. The summed E-state index contributed by atoms with van der Waals surface area (Å²) >= 11 is 0. The second kappa shape index (κ2) is 4.55. The molecule has 1 amide bonds. The minimum atomic E-state index is 0.0274. The summed E-state index contributed by atoms with van der Waals surface area (Å²) in [6, 6.07) is 3.53. The summed E-state index contributed by atoms with van der Waals surface area (Å²) in [7, 11) is 1.78. The van der Waals surface area contributed by atoms with E-state index < -0.39 is 0 Å². The Kier molecular flexibility index (Phi) is 2.89. The molecule has 2 atom stereocenters. The second-order valence-corrected chi connectivity index (χ2v) is 5.22. The maximum Gasteiger partial charge on any atom is 0.274 e. The predicted molar refractivity (Wildman–Crippen MR) is 68.3 cm³/mol. The molecule has 0 aromatic carbocycles. The van der Waals surface area contributed by atoms with Crippen LogP contribution in [0.5, 0.6) is 0 Å². The number of amides is 1. The lowest BCUT2D eigenvalue weighted by Gasteiger charge is -2.16. The minimum absolute atomic E-state index is 0.0274. The Labute approximate surface area is 107 Å². The van der Waals surface area contributed by atoms with Crippen LogP contribution in [-0.4, -0.2) is 41.1 Å². The van der Waals surface area contributed by atoms with Gasteiger partial charge in [0.15, 0.2) is 5.69 Å². The molecule has 5 heteroatoms. The van der Waals surface area contributed by atoms with E-state index in [-0.39, 0.29) is 5.91 Å². The zero-order valence-corrected chi connectivity index (χ0v) is 10.6. The van der Waals surface area contributed by atoms with Gasteiger partial charge in [-0.2, -0.15) is 0 Å². The van der Waals surface area contributed by atoms with Gasteiger partial charge in [-0.25, -0.2) is 0 Å². The predicted octanol–water partition coefficient (Wildman–Crippen LogP) is 1.39. The highest BCUT2D eigenvalue weighted by molar-refractivity contribution is 5.92. The van der Waals surface area contributed by atoms with E-state index in [1.807, 2.05) is 4.90 Å². The fourth-order valence-electron chi connectivity index (χ4n) is 3.14.